The molecule has 23 heavy (non-hydrogen) atoms. The summed E-state index contributed by atoms with van der Waals surface area (Å²) in [7, 11) is 0. The van der Waals surface area contributed by atoms with Crippen LogP contribution in [0.1, 0.15) is 26.6 Å². The molecule has 0 aliphatic rings. The van der Waals surface area contributed by atoms with E-state index in [9.17, 15) is 4.79 Å². The van der Waals surface area contributed by atoms with E-state index in [1.165, 1.54) is 23.1 Å². The smallest absolute Gasteiger partial charge is 0.277 e. The van der Waals surface area contributed by atoms with Crippen molar-refractivity contribution >= 4 is 29.0 Å². The number of carbonyl (C=O) groups is 1. The maximum absolute atomic E-state index is 11.0. The van der Waals surface area contributed by atoms with Crippen molar-refractivity contribution in [3.05, 3.63) is 46.1 Å². The molecule has 0 saturated carbocycles. The van der Waals surface area contributed by atoms with Crippen LogP contribution in [0, 0.1) is 13.8 Å². The monoisotopic (exact) mass is 346 g/mol. The molecule has 8 heteroatoms. The zero-order valence-corrected chi connectivity index (χ0v) is 14.2. The predicted molar refractivity (Wildman–Crippen MR) is 89.4 cm³/mol. The van der Waals surface area contributed by atoms with E-state index in [0.29, 0.717) is 22.4 Å². The highest BCUT2D eigenvalue weighted by atomic mass is 32.2. The van der Waals surface area contributed by atoms with E-state index in [2.05, 4.69) is 15.2 Å². The van der Waals surface area contributed by atoms with Crippen LogP contribution in [0.4, 0.5) is 0 Å². The second-order valence-corrected chi connectivity index (χ2v) is 7.00. The molecule has 0 aliphatic carbocycles. The Morgan fingerprint density at radius 2 is 2.00 bits per heavy atom. The Hall–Kier alpha value is -2.19. The maximum Gasteiger partial charge on any atom is 0.277 e. The van der Waals surface area contributed by atoms with Crippen LogP contribution in [0.5, 0.6) is 0 Å². The highest BCUT2D eigenvalue weighted by Crippen LogP contribution is 2.31. The number of carbonyl (C=O) groups excluding carboxylic acids is 1. The van der Waals surface area contributed by atoms with Crippen LogP contribution in [0.3, 0.4) is 0 Å². The Bertz CT molecular complexity index is 840. The van der Waals surface area contributed by atoms with Crippen molar-refractivity contribution in [2.75, 3.05) is 0 Å². The molecule has 0 spiro atoms. The van der Waals surface area contributed by atoms with Gasteiger partial charge in [0.15, 0.2) is 0 Å². The standard InChI is InChI=1S/C15H14N4O2S2/c1-8-12(23-9(2)17-8)14-18-19-15(21-14)22-7-10-3-5-11(6-4-10)13(16)20/h3-6H,7H2,1-2H3,(H2,16,20). The summed E-state index contributed by atoms with van der Waals surface area (Å²) in [5, 5.41) is 9.61. The number of nitrogens with two attached hydrogens (primary N) is 1. The van der Waals surface area contributed by atoms with Gasteiger partial charge < -0.3 is 10.2 Å². The van der Waals surface area contributed by atoms with Crippen molar-refractivity contribution in [2.45, 2.75) is 24.8 Å². The molecular formula is C15H14N4O2S2. The van der Waals surface area contributed by atoms with Crippen molar-refractivity contribution in [2.24, 2.45) is 5.73 Å². The van der Waals surface area contributed by atoms with Gasteiger partial charge in [-0.1, -0.05) is 23.9 Å². The lowest BCUT2D eigenvalue weighted by Gasteiger charge is -1.99. The predicted octanol–water partition coefficient (Wildman–Crippen LogP) is 3.20. The molecular weight excluding hydrogens is 332 g/mol. The second kappa shape index (κ2) is 6.51. The van der Waals surface area contributed by atoms with Crippen LogP contribution >= 0.6 is 23.1 Å². The van der Waals surface area contributed by atoms with Crippen LogP contribution in [-0.4, -0.2) is 21.1 Å². The summed E-state index contributed by atoms with van der Waals surface area (Å²) in [6.45, 7) is 3.87. The van der Waals surface area contributed by atoms with Gasteiger partial charge in [0.05, 0.1) is 10.7 Å². The summed E-state index contributed by atoms with van der Waals surface area (Å²) >= 11 is 2.98. The molecule has 0 atom stereocenters. The van der Waals surface area contributed by atoms with Gasteiger partial charge in [-0.25, -0.2) is 4.98 Å². The van der Waals surface area contributed by atoms with Crippen molar-refractivity contribution in [1.29, 1.82) is 0 Å². The summed E-state index contributed by atoms with van der Waals surface area (Å²) in [6, 6.07) is 7.14. The molecule has 1 aromatic carbocycles. The summed E-state index contributed by atoms with van der Waals surface area (Å²) in [5.74, 6) is 0.738. The van der Waals surface area contributed by atoms with E-state index < -0.39 is 5.91 Å². The minimum Gasteiger partial charge on any atom is -0.410 e. The molecule has 3 rings (SSSR count). The molecule has 0 fully saturated rings. The Morgan fingerprint density at radius 3 is 2.61 bits per heavy atom. The number of hydrogen-bond acceptors (Lipinski definition) is 7. The molecule has 0 saturated heterocycles. The minimum absolute atomic E-state index is 0.430. The van der Waals surface area contributed by atoms with E-state index in [-0.39, 0.29) is 0 Å². The number of amides is 1. The lowest BCUT2D eigenvalue weighted by Crippen LogP contribution is -2.10. The van der Waals surface area contributed by atoms with Gasteiger partial charge in [-0.3, -0.25) is 4.79 Å². The first-order valence-electron chi connectivity index (χ1n) is 6.82. The average molecular weight is 346 g/mol. The van der Waals surface area contributed by atoms with Crippen LogP contribution in [-0.2, 0) is 5.75 Å². The molecule has 0 aliphatic heterocycles. The van der Waals surface area contributed by atoms with Crippen molar-refractivity contribution in [1.82, 2.24) is 15.2 Å². The zero-order valence-electron chi connectivity index (χ0n) is 12.6. The maximum atomic E-state index is 11.0. The minimum atomic E-state index is -0.430. The van der Waals surface area contributed by atoms with Gasteiger partial charge >= 0.3 is 0 Å². The fourth-order valence-corrected chi connectivity index (χ4v) is 3.56. The van der Waals surface area contributed by atoms with Crippen LogP contribution < -0.4 is 5.73 Å². The molecule has 6 nitrogen and oxygen atoms in total. The fourth-order valence-electron chi connectivity index (χ4n) is 2.00. The number of hydrogen-bond donors (Lipinski definition) is 1. The zero-order chi connectivity index (χ0) is 16.4. The summed E-state index contributed by atoms with van der Waals surface area (Å²) in [4.78, 5) is 16.3. The first kappa shape index (κ1) is 15.7. The van der Waals surface area contributed by atoms with E-state index in [1.54, 1.807) is 12.1 Å². The van der Waals surface area contributed by atoms with E-state index >= 15 is 0 Å². The number of primary amides is 1. The van der Waals surface area contributed by atoms with Gasteiger partial charge in [0.2, 0.25) is 5.91 Å². The van der Waals surface area contributed by atoms with Crippen LogP contribution in [0.2, 0.25) is 0 Å². The van der Waals surface area contributed by atoms with Gasteiger partial charge in [0.1, 0.15) is 4.88 Å². The first-order valence-corrected chi connectivity index (χ1v) is 8.62. The molecule has 0 bridgehead atoms. The average Bonchev–Trinajstić information content (AvgIpc) is 3.11. The highest BCUT2D eigenvalue weighted by molar-refractivity contribution is 7.98. The highest BCUT2D eigenvalue weighted by Gasteiger charge is 2.15. The Labute approximate surface area is 141 Å². The number of benzene rings is 1. The normalized spacial score (nSPS) is 10.9. The van der Waals surface area contributed by atoms with E-state index in [4.69, 9.17) is 10.2 Å². The van der Waals surface area contributed by atoms with Crippen molar-refractivity contribution in [3.8, 4) is 10.8 Å². The quantitative estimate of drug-likeness (QED) is 0.713. The second-order valence-electron chi connectivity index (χ2n) is 4.87. The van der Waals surface area contributed by atoms with Crippen molar-refractivity contribution in [3.63, 3.8) is 0 Å². The third-order valence-corrected chi connectivity index (χ3v) is 5.06. The molecule has 2 N–H and O–H groups in total. The van der Waals surface area contributed by atoms with Gasteiger partial charge in [-0.15, -0.1) is 21.5 Å². The summed E-state index contributed by atoms with van der Waals surface area (Å²) in [5.41, 5.74) is 7.66. The molecule has 3 aromatic rings. The Balaban J connectivity index is 1.67. The number of thioether (sulfide) groups is 1. The first-order chi connectivity index (χ1) is 11.0. The molecule has 0 unspecified atom stereocenters. The van der Waals surface area contributed by atoms with Gasteiger partial charge in [0.25, 0.3) is 11.1 Å². The Kier molecular flexibility index (Phi) is 4.44. The molecule has 1 amide bonds. The lowest BCUT2D eigenvalue weighted by molar-refractivity contribution is 0.100. The number of thiazole rings is 1. The number of nitrogens with zero attached hydrogens (tertiary/aromatic N) is 3. The molecule has 2 heterocycles. The third-order valence-electron chi connectivity index (χ3n) is 3.10. The third kappa shape index (κ3) is 3.59. The van der Waals surface area contributed by atoms with E-state index in [0.717, 1.165) is 21.1 Å². The van der Waals surface area contributed by atoms with E-state index in [1.807, 2.05) is 26.0 Å². The van der Waals surface area contributed by atoms with Gasteiger partial charge in [-0.05, 0) is 31.5 Å². The number of aromatic nitrogens is 3. The van der Waals surface area contributed by atoms with Crippen LogP contribution in [0.15, 0.2) is 33.9 Å². The largest absolute Gasteiger partial charge is 0.410 e. The van der Waals surface area contributed by atoms with Gasteiger partial charge in [-0.2, -0.15) is 0 Å². The molecule has 2 aromatic heterocycles. The lowest BCUT2D eigenvalue weighted by atomic mass is 10.1. The number of aryl methyl sites for hydroxylation is 2. The van der Waals surface area contributed by atoms with Gasteiger partial charge in [0, 0.05) is 11.3 Å². The summed E-state index contributed by atoms with van der Waals surface area (Å²) < 4.78 is 5.68. The molecule has 118 valence electrons. The Morgan fingerprint density at radius 1 is 1.26 bits per heavy atom. The number of rotatable bonds is 5. The fraction of sp³-hybridized carbons (Fsp3) is 0.200. The van der Waals surface area contributed by atoms with Crippen LogP contribution in [0.25, 0.3) is 10.8 Å². The summed E-state index contributed by atoms with van der Waals surface area (Å²) in [6.07, 6.45) is 0. The molecule has 0 radical (unpaired) electrons. The van der Waals surface area contributed by atoms with Crippen molar-refractivity contribution < 1.29 is 9.21 Å². The SMILES string of the molecule is Cc1nc(C)c(-c2nnc(SCc3ccc(C(N)=O)cc3)o2)s1. The topological polar surface area (TPSA) is 94.9 Å².